The van der Waals surface area contributed by atoms with E-state index in [1.54, 1.807) is 0 Å². The molecule has 0 radical (unpaired) electrons. The molecule has 0 aliphatic carbocycles. The van der Waals surface area contributed by atoms with Crippen molar-refractivity contribution in [2.45, 2.75) is 162 Å². The maximum absolute atomic E-state index is 2.57. The van der Waals surface area contributed by atoms with Gasteiger partial charge < -0.3 is 22.3 Å². The molecule has 0 rings (SSSR count). The largest absolute Gasteiger partial charge is 1.00 e. The molecule has 0 aromatic carbocycles. The zero-order valence-electron chi connectivity index (χ0n) is 20.6. The van der Waals surface area contributed by atoms with Crippen molar-refractivity contribution < 1.29 is 22.3 Å². The van der Waals surface area contributed by atoms with Crippen LogP contribution in [0.4, 0.5) is 0 Å². The van der Waals surface area contributed by atoms with Gasteiger partial charge in [0.1, 0.15) is 0 Å². The second-order valence-corrected chi connectivity index (χ2v) is 9.29. The Kier molecular flexibility index (Phi) is 33.4. The molecule has 0 saturated heterocycles. The lowest BCUT2D eigenvalue weighted by molar-refractivity contribution is -0.655. The Morgan fingerprint density at radius 1 is 0.310 bits per heavy atom. The smallest absolute Gasteiger partial charge is 0.0755 e. The van der Waals surface area contributed by atoms with Crippen LogP contribution in [0.15, 0.2) is 0 Å². The Labute approximate surface area is 196 Å². The van der Waals surface area contributed by atoms with Gasteiger partial charge in [-0.1, -0.05) is 136 Å². The van der Waals surface area contributed by atoms with Gasteiger partial charge in [0.25, 0.3) is 0 Å². The normalized spacial score (nSPS) is 11.0. The van der Waals surface area contributed by atoms with Gasteiger partial charge in [-0.15, -0.1) is 0 Å². The summed E-state index contributed by atoms with van der Waals surface area (Å²) in [5.41, 5.74) is 0. The molecule has 1 nitrogen and oxygen atoms in total. The fourth-order valence-electron chi connectivity index (χ4n) is 4.23. The second kappa shape index (κ2) is 30.6. The van der Waals surface area contributed by atoms with Crippen LogP contribution in [0.3, 0.4) is 0 Å². The quantitative estimate of drug-likeness (QED) is 0.166. The number of quaternary nitrogens is 1. The third-order valence-corrected chi connectivity index (χ3v) is 6.27. The summed E-state index contributed by atoms with van der Waals surface area (Å²) in [7, 11) is 0. The van der Waals surface area contributed by atoms with Crippen LogP contribution < -0.4 is 22.3 Å². The van der Waals surface area contributed by atoms with E-state index in [0.717, 1.165) is 0 Å². The summed E-state index contributed by atoms with van der Waals surface area (Å²) in [5, 5.41) is 2.57. The molecule has 0 bridgehead atoms. The fraction of sp³-hybridized carbons (Fsp3) is 1.00. The van der Waals surface area contributed by atoms with Crippen molar-refractivity contribution in [1.82, 2.24) is 0 Å². The van der Waals surface area contributed by atoms with Crippen molar-refractivity contribution in [2.75, 3.05) is 13.1 Å². The molecule has 0 spiro atoms. The molecule has 0 heterocycles. The van der Waals surface area contributed by atoms with E-state index in [2.05, 4.69) is 19.2 Å². The molecule has 0 saturated carbocycles. The number of hydrogen-bond acceptors (Lipinski definition) is 0. The molecule has 0 fully saturated rings. The summed E-state index contributed by atoms with van der Waals surface area (Å²) in [6, 6.07) is 0. The second-order valence-electron chi connectivity index (χ2n) is 9.29. The Morgan fingerprint density at radius 2 is 0.517 bits per heavy atom. The lowest BCUT2D eigenvalue weighted by atomic mass is 10.1. The number of unbranched alkanes of at least 4 members (excludes halogenated alkanes) is 21. The van der Waals surface area contributed by atoms with Gasteiger partial charge in [0, 0.05) is 0 Å². The van der Waals surface area contributed by atoms with Crippen LogP contribution >= 0.6 is 0 Å². The predicted molar refractivity (Wildman–Crippen MR) is 129 cm³/mol. The van der Waals surface area contributed by atoms with E-state index in [0.29, 0.717) is 0 Å². The predicted octanol–water partition coefficient (Wildman–Crippen LogP) is 5.57. The standard InChI is InChI=1S/C27H57N.BrH/c1-3-5-7-9-11-13-15-17-19-21-23-25-27-28-26-24-22-20-18-16-14-12-10-8-6-4-2;/h28H,3-27H2,1-2H3;1H. The highest BCUT2D eigenvalue weighted by Gasteiger charge is 1.96. The summed E-state index contributed by atoms with van der Waals surface area (Å²) in [6.07, 6.45) is 33.6. The van der Waals surface area contributed by atoms with Crippen molar-refractivity contribution >= 4 is 0 Å². The van der Waals surface area contributed by atoms with Crippen molar-refractivity contribution in [3.63, 3.8) is 0 Å². The SMILES string of the molecule is CCCCCCCCCCCCCC[NH2+]CCCCCCCCCCCCC.[Br-]. The maximum Gasteiger partial charge on any atom is 0.0755 e. The number of nitrogens with two attached hydrogens (primary N) is 1. The van der Waals surface area contributed by atoms with E-state index in [9.17, 15) is 0 Å². The third kappa shape index (κ3) is 30.7. The number of rotatable bonds is 25. The summed E-state index contributed by atoms with van der Waals surface area (Å²) < 4.78 is 0. The molecule has 0 aliphatic rings. The molecule has 0 aromatic rings. The van der Waals surface area contributed by atoms with Crippen LogP contribution in [-0.4, -0.2) is 13.1 Å². The summed E-state index contributed by atoms with van der Waals surface area (Å²) in [6.45, 7) is 7.34. The Morgan fingerprint density at radius 3 is 0.759 bits per heavy atom. The lowest BCUT2D eigenvalue weighted by Crippen LogP contribution is -3.00. The maximum atomic E-state index is 2.57. The molecule has 0 aromatic heterocycles. The highest BCUT2D eigenvalue weighted by Crippen LogP contribution is 2.12. The van der Waals surface area contributed by atoms with Gasteiger partial charge >= 0.3 is 0 Å². The number of hydrogen-bond donors (Lipinski definition) is 1. The van der Waals surface area contributed by atoms with Crippen molar-refractivity contribution in [2.24, 2.45) is 0 Å². The minimum absolute atomic E-state index is 0. The van der Waals surface area contributed by atoms with Crippen LogP contribution in [-0.2, 0) is 0 Å². The summed E-state index contributed by atoms with van der Waals surface area (Å²) in [5.74, 6) is 0. The van der Waals surface area contributed by atoms with E-state index in [4.69, 9.17) is 0 Å². The first-order chi connectivity index (χ1) is 13.9. The molecule has 0 unspecified atom stereocenters. The Balaban J connectivity index is 0. The van der Waals surface area contributed by atoms with E-state index >= 15 is 0 Å². The summed E-state index contributed by atoms with van der Waals surface area (Å²) in [4.78, 5) is 0. The van der Waals surface area contributed by atoms with E-state index in [-0.39, 0.29) is 17.0 Å². The van der Waals surface area contributed by atoms with E-state index in [1.807, 2.05) is 0 Å². The van der Waals surface area contributed by atoms with Gasteiger partial charge in [-0.05, 0) is 25.7 Å². The topological polar surface area (TPSA) is 16.6 Å². The molecule has 2 N–H and O–H groups in total. The van der Waals surface area contributed by atoms with Crippen molar-refractivity contribution in [1.29, 1.82) is 0 Å². The first-order valence-electron chi connectivity index (χ1n) is 13.7. The zero-order valence-corrected chi connectivity index (χ0v) is 22.2. The average molecular weight is 477 g/mol. The van der Waals surface area contributed by atoms with Crippen LogP contribution in [0.2, 0.25) is 0 Å². The van der Waals surface area contributed by atoms with Crippen molar-refractivity contribution in [3.8, 4) is 0 Å². The van der Waals surface area contributed by atoms with Crippen LogP contribution in [0.1, 0.15) is 162 Å². The van der Waals surface area contributed by atoms with E-state index < -0.39 is 0 Å². The number of halogens is 1. The monoisotopic (exact) mass is 475 g/mol. The van der Waals surface area contributed by atoms with Crippen LogP contribution in [0.25, 0.3) is 0 Å². The first kappa shape index (κ1) is 31.6. The molecule has 0 aliphatic heterocycles. The molecular formula is C27H58BrN. The van der Waals surface area contributed by atoms with Gasteiger partial charge in [0.05, 0.1) is 13.1 Å². The molecule has 2 heteroatoms. The van der Waals surface area contributed by atoms with Gasteiger partial charge in [0.2, 0.25) is 0 Å². The molecule has 0 atom stereocenters. The minimum Gasteiger partial charge on any atom is -1.00 e. The molecule has 0 amide bonds. The Hall–Kier alpha value is 0.440. The molecule has 178 valence electrons. The Bertz CT molecular complexity index is 231. The third-order valence-electron chi connectivity index (χ3n) is 6.27. The van der Waals surface area contributed by atoms with Crippen LogP contribution in [0.5, 0.6) is 0 Å². The van der Waals surface area contributed by atoms with Crippen LogP contribution in [0, 0.1) is 0 Å². The van der Waals surface area contributed by atoms with Gasteiger partial charge in [-0.25, -0.2) is 0 Å². The average Bonchev–Trinajstić information content (AvgIpc) is 2.71. The lowest BCUT2D eigenvalue weighted by Gasteiger charge is -2.04. The molecular weight excluding hydrogens is 418 g/mol. The molecule has 29 heavy (non-hydrogen) atoms. The van der Waals surface area contributed by atoms with Crippen molar-refractivity contribution in [3.05, 3.63) is 0 Å². The summed E-state index contributed by atoms with van der Waals surface area (Å²) >= 11 is 0. The fourth-order valence-corrected chi connectivity index (χ4v) is 4.23. The highest BCUT2D eigenvalue weighted by atomic mass is 79.9. The van der Waals surface area contributed by atoms with E-state index in [1.165, 1.54) is 161 Å². The van der Waals surface area contributed by atoms with Gasteiger partial charge in [0.15, 0.2) is 0 Å². The first-order valence-corrected chi connectivity index (χ1v) is 13.7. The van der Waals surface area contributed by atoms with Gasteiger partial charge in [-0.2, -0.15) is 0 Å². The minimum atomic E-state index is 0. The zero-order chi connectivity index (χ0) is 20.4. The highest BCUT2D eigenvalue weighted by molar-refractivity contribution is 4.49. The van der Waals surface area contributed by atoms with Gasteiger partial charge in [-0.3, -0.25) is 0 Å².